The summed E-state index contributed by atoms with van der Waals surface area (Å²) in [6.45, 7) is 3.21. The van der Waals surface area contributed by atoms with E-state index in [-0.39, 0.29) is 0 Å². The first-order valence-corrected chi connectivity index (χ1v) is 6.91. The molecule has 4 heteroatoms. The number of amides is 1. The summed E-state index contributed by atoms with van der Waals surface area (Å²) in [4.78, 5) is 14.1. The van der Waals surface area contributed by atoms with Gasteiger partial charge in [-0.3, -0.25) is 4.79 Å². The van der Waals surface area contributed by atoms with Crippen LogP contribution in [-0.4, -0.2) is 43.2 Å². The summed E-state index contributed by atoms with van der Waals surface area (Å²) in [6, 6.07) is 0. The molecule has 2 rings (SSSR count). The quantitative estimate of drug-likeness (QED) is 0.733. The second-order valence-corrected chi connectivity index (χ2v) is 5.17. The standard InChI is InChI=1S/C13H24N2O2/c14-7-2-10-17-12-5-8-15(9-6-12)13(16)11-3-1-4-11/h11-12H,1-10,14H2. The molecule has 0 aromatic carbocycles. The molecule has 1 aliphatic carbocycles. The van der Waals surface area contributed by atoms with E-state index in [9.17, 15) is 4.79 Å². The molecule has 2 aliphatic rings. The van der Waals surface area contributed by atoms with Crippen LogP contribution in [0.15, 0.2) is 0 Å². The third-order valence-electron chi connectivity index (χ3n) is 3.91. The molecule has 4 nitrogen and oxygen atoms in total. The number of hydrogen-bond acceptors (Lipinski definition) is 3. The lowest BCUT2D eigenvalue weighted by Crippen LogP contribution is -2.45. The molecule has 98 valence electrons. The largest absolute Gasteiger partial charge is 0.378 e. The first kappa shape index (κ1) is 12.8. The van der Waals surface area contributed by atoms with E-state index in [0.717, 1.165) is 51.8 Å². The van der Waals surface area contributed by atoms with E-state index in [2.05, 4.69) is 0 Å². The van der Waals surface area contributed by atoms with E-state index in [4.69, 9.17) is 10.5 Å². The molecule has 0 spiro atoms. The van der Waals surface area contributed by atoms with Gasteiger partial charge in [0.05, 0.1) is 6.10 Å². The summed E-state index contributed by atoms with van der Waals surface area (Å²) in [5.41, 5.74) is 5.43. The maximum atomic E-state index is 12.0. The van der Waals surface area contributed by atoms with Crippen molar-refractivity contribution in [1.29, 1.82) is 0 Å². The lowest BCUT2D eigenvalue weighted by molar-refractivity contribution is -0.140. The maximum absolute atomic E-state index is 12.0. The van der Waals surface area contributed by atoms with Gasteiger partial charge in [0.25, 0.3) is 0 Å². The van der Waals surface area contributed by atoms with Crippen molar-refractivity contribution in [2.24, 2.45) is 11.7 Å². The Bertz CT molecular complexity index is 246. The average molecular weight is 240 g/mol. The normalized spacial score (nSPS) is 22.5. The summed E-state index contributed by atoms with van der Waals surface area (Å²) in [6.07, 6.45) is 6.69. The maximum Gasteiger partial charge on any atom is 0.225 e. The predicted molar refractivity (Wildman–Crippen MR) is 66.6 cm³/mol. The Kier molecular flexibility index (Phi) is 4.80. The van der Waals surface area contributed by atoms with Gasteiger partial charge in [0.1, 0.15) is 0 Å². The number of piperidine rings is 1. The second kappa shape index (κ2) is 6.36. The zero-order chi connectivity index (χ0) is 12.1. The van der Waals surface area contributed by atoms with Crippen molar-refractivity contribution in [3.05, 3.63) is 0 Å². The van der Waals surface area contributed by atoms with Gasteiger partial charge in [-0.25, -0.2) is 0 Å². The van der Waals surface area contributed by atoms with Gasteiger partial charge in [-0.1, -0.05) is 6.42 Å². The Morgan fingerprint density at radius 3 is 2.47 bits per heavy atom. The fourth-order valence-corrected chi connectivity index (χ4v) is 2.49. The minimum atomic E-state index is 0.338. The highest BCUT2D eigenvalue weighted by molar-refractivity contribution is 5.79. The van der Waals surface area contributed by atoms with Crippen LogP contribution in [0, 0.1) is 5.92 Å². The number of carbonyl (C=O) groups is 1. The number of likely N-dealkylation sites (tertiary alicyclic amines) is 1. The summed E-state index contributed by atoms with van der Waals surface area (Å²) in [5.74, 6) is 0.723. The molecule has 0 radical (unpaired) electrons. The van der Waals surface area contributed by atoms with Gasteiger partial charge < -0.3 is 15.4 Å². The molecule has 0 unspecified atom stereocenters. The topological polar surface area (TPSA) is 55.6 Å². The Labute approximate surface area is 103 Å². The van der Waals surface area contributed by atoms with Crippen LogP contribution < -0.4 is 5.73 Å². The van der Waals surface area contributed by atoms with Crippen molar-refractivity contribution in [2.75, 3.05) is 26.2 Å². The summed E-state index contributed by atoms with van der Waals surface area (Å²) >= 11 is 0. The van der Waals surface area contributed by atoms with Crippen LogP contribution >= 0.6 is 0 Å². The molecule has 0 aromatic rings. The Balaban J connectivity index is 1.65. The number of hydrogen-bond donors (Lipinski definition) is 1. The van der Waals surface area contributed by atoms with E-state index in [1.54, 1.807) is 0 Å². The monoisotopic (exact) mass is 240 g/mol. The van der Waals surface area contributed by atoms with Gasteiger partial charge in [-0.15, -0.1) is 0 Å². The van der Waals surface area contributed by atoms with Crippen molar-refractivity contribution >= 4 is 5.91 Å². The van der Waals surface area contributed by atoms with Crippen LogP contribution in [0.2, 0.25) is 0 Å². The van der Waals surface area contributed by atoms with Crippen molar-refractivity contribution in [3.63, 3.8) is 0 Å². The smallest absolute Gasteiger partial charge is 0.225 e. The zero-order valence-electron chi connectivity index (χ0n) is 10.6. The first-order valence-electron chi connectivity index (χ1n) is 6.91. The third-order valence-corrected chi connectivity index (χ3v) is 3.91. The van der Waals surface area contributed by atoms with Gasteiger partial charge in [0, 0.05) is 25.6 Å². The van der Waals surface area contributed by atoms with E-state index in [1.807, 2.05) is 4.90 Å². The molecule has 2 fully saturated rings. The van der Waals surface area contributed by atoms with E-state index < -0.39 is 0 Å². The molecular weight excluding hydrogens is 216 g/mol. The van der Waals surface area contributed by atoms with Gasteiger partial charge >= 0.3 is 0 Å². The van der Waals surface area contributed by atoms with E-state index in [0.29, 0.717) is 24.5 Å². The number of nitrogens with zero attached hydrogens (tertiary/aromatic N) is 1. The molecule has 0 atom stereocenters. The molecule has 1 amide bonds. The summed E-state index contributed by atoms with van der Waals surface area (Å²) < 4.78 is 5.73. The van der Waals surface area contributed by atoms with Gasteiger partial charge in [-0.05, 0) is 38.6 Å². The highest BCUT2D eigenvalue weighted by atomic mass is 16.5. The van der Waals surface area contributed by atoms with E-state index >= 15 is 0 Å². The Morgan fingerprint density at radius 1 is 1.24 bits per heavy atom. The second-order valence-electron chi connectivity index (χ2n) is 5.17. The number of ether oxygens (including phenoxy) is 1. The zero-order valence-corrected chi connectivity index (χ0v) is 10.6. The third kappa shape index (κ3) is 3.42. The molecule has 1 saturated heterocycles. The molecule has 1 aliphatic heterocycles. The average Bonchev–Trinajstić information content (AvgIpc) is 2.28. The molecule has 2 N–H and O–H groups in total. The highest BCUT2D eigenvalue weighted by Crippen LogP contribution is 2.29. The van der Waals surface area contributed by atoms with Crippen LogP contribution in [0.4, 0.5) is 0 Å². The van der Waals surface area contributed by atoms with Crippen molar-refractivity contribution < 1.29 is 9.53 Å². The fourth-order valence-electron chi connectivity index (χ4n) is 2.49. The number of carbonyl (C=O) groups excluding carboxylic acids is 1. The van der Waals surface area contributed by atoms with Crippen LogP contribution in [0.1, 0.15) is 38.5 Å². The van der Waals surface area contributed by atoms with Gasteiger partial charge in [0.2, 0.25) is 5.91 Å². The van der Waals surface area contributed by atoms with Crippen LogP contribution in [-0.2, 0) is 9.53 Å². The molecule has 0 aromatic heterocycles. The minimum absolute atomic E-state index is 0.338. The number of rotatable bonds is 5. The lowest BCUT2D eigenvalue weighted by atomic mass is 9.84. The van der Waals surface area contributed by atoms with Crippen LogP contribution in [0.5, 0.6) is 0 Å². The molecular formula is C13H24N2O2. The van der Waals surface area contributed by atoms with Gasteiger partial charge in [-0.2, -0.15) is 0 Å². The molecule has 1 saturated carbocycles. The van der Waals surface area contributed by atoms with Crippen molar-refractivity contribution in [1.82, 2.24) is 4.90 Å². The lowest BCUT2D eigenvalue weighted by Gasteiger charge is -2.36. The Hall–Kier alpha value is -0.610. The van der Waals surface area contributed by atoms with E-state index in [1.165, 1.54) is 6.42 Å². The molecule has 0 bridgehead atoms. The molecule has 1 heterocycles. The van der Waals surface area contributed by atoms with Crippen molar-refractivity contribution in [3.8, 4) is 0 Å². The van der Waals surface area contributed by atoms with Crippen LogP contribution in [0.3, 0.4) is 0 Å². The fraction of sp³-hybridized carbons (Fsp3) is 0.923. The SMILES string of the molecule is NCCCOC1CCN(C(=O)C2CCC2)CC1. The van der Waals surface area contributed by atoms with Crippen molar-refractivity contribution in [2.45, 2.75) is 44.6 Å². The van der Waals surface area contributed by atoms with Crippen LogP contribution in [0.25, 0.3) is 0 Å². The molecule has 17 heavy (non-hydrogen) atoms. The predicted octanol–water partition coefficient (Wildman–Crippen LogP) is 1.14. The first-order chi connectivity index (χ1) is 8.31. The summed E-state index contributed by atoms with van der Waals surface area (Å²) in [5, 5.41) is 0. The summed E-state index contributed by atoms with van der Waals surface area (Å²) in [7, 11) is 0. The Morgan fingerprint density at radius 2 is 1.94 bits per heavy atom. The highest BCUT2D eigenvalue weighted by Gasteiger charge is 2.31. The minimum Gasteiger partial charge on any atom is -0.378 e. The van der Waals surface area contributed by atoms with Gasteiger partial charge in [0.15, 0.2) is 0 Å². The number of nitrogens with two attached hydrogens (primary N) is 1.